The quantitative estimate of drug-likeness (QED) is 0.677. The first-order valence-electron chi connectivity index (χ1n) is 7.21. The minimum absolute atomic E-state index is 0.0687. The number of hydrogen-bond donors (Lipinski definition) is 0. The molecule has 20 heavy (non-hydrogen) atoms. The number of hydrogen-bond acceptors (Lipinski definition) is 2. The van der Waals surface area contributed by atoms with Crippen LogP contribution in [0.5, 0.6) is 0 Å². The number of rotatable bonds is 7. The molecule has 114 valence electrons. The number of halogens is 2. The van der Waals surface area contributed by atoms with E-state index in [9.17, 15) is 13.6 Å². The molecule has 1 rings (SSSR count). The number of alkyl halides is 2. The average molecular weight is 286 g/mol. The molecule has 0 aliphatic heterocycles. The highest BCUT2D eigenvalue weighted by Crippen LogP contribution is 2.39. The summed E-state index contributed by atoms with van der Waals surface area (Å²) in [7, 11) is 0. The van der Waals surface area contributed by atoms with E-state index in [4.69, 9.17) is 0 Å². The van der Waals surface area contributed by atoms with E-state index < -0.39 is 6.61 Å². The van der Waals surface area contributed by atoms with E-state index in [1.165, 1.54) is 0 Å². The molecule has 1 aliphatic rings. The minimum atomic E-state index is -2.81. The van der Waals surface area contributed by atoms with Crippen LogP contribution in [0.25, 0.3) is 0 Å². The SMILES string of the molecule is CCCC1=CC(OC(F)F)=CC(C(C)C)C1CC(C)=O. The van der Waals surface area contributed by atoms with Gasteiger partial charge in [0.05, 0.1) is 0 Å². The van der Waals surface area contributed by atoms with Gasteiger partial charge in [-0.2, -0.15) is 8.78 Å². The zero-order valence-electron chi connectivity index (χ0n) is 12.7. The molecule has 0 radical (unpaired) electrons. The van der Waals surface area contributed by atoms with E-state index in [0.717, 1.165) is 18.4 Å². The summed E-state index contributed by atoms with van der Waals surface area (Å²) in [5.41, 5.74) is 1.06. The zero-order chi connectivity index (χ0) is 15.3. The van der Waals surface area contributed by atoms with Gasteiger partial charge in [-0.3, -0.25) is 0 Å². The summed E-state index contributed by atoms with van der Waals surface area (Å²) in [6.45, 7) is 4.90. The standard InChI is InChI=1S/C16H24F2O2/c1-5-6-12-8-13(20-16(17)18)9-14(10(2)3)15(12)7-11(4)19/h8-10,14-16H,5-7H2,1-4H3. The molecule has 4 heteroatoms. The monoisotopic (exact) mass is 286 g/mol. The van der Waals surface area contributed by atoms with Gasteiger partial charge in [-0.15, -0.1) is 0 Å². The molecular formula is C16H24F2O2. The molecule has 0 heterocycles. The van der Waals surface area contributed by atoms with E-state index in [1.807, 2.05) is 20.8 Å². The fourth-order valence-corrected chi connectivity index (χ4v) is 2.85. The summed E-state index contributed by atoms with van der Waals surface area (Å²) in [5.74, 6) is 0.823. The summed E-state index contributed by atoms with van der Waals surface area (Å²) in [6, 6.07) is 0. The fraction of sp³-hybridized carbons (Fsp3) is 0.688. The van der Waals surface area contributed by atoms with E-state index in [1.54, 1.807) is 19.1 Å². The normalized spacial score (nSPS) is 22.8. The van der Waals surface area contributed by atoms with Crippen LogP contribution in [0.15, 0.2) is 23.5 Å². The molecule has 0 aromatic rings. The molecule has 2 atom stereocenters. The lowest BCUT2D eigenvalue weighted by molar-refractivity contribution is -0.118. The summed E-state index contributed by atoms with van der Waals surface area (Å²) in [5, 5.41) is 0. The fourth-order valence-electron chi connectivity index (χ4n) is 2.85. The summed E-state index contributed by atoms with van der Waals surface area (Å²) >= 11 is 0. The topological polar surface area (TPSA) is 26.3 Å². The van der Waals surface area contributed by atoms with Gasteiger partial charge in [-0.25, -0.2) is 0 Å². The number of ether oxygens (including phenoxy) is 1. The third-order valence-corrected chi connectivity index (χ3v) is 3.67. The Kier molecular flexibility index (Phi) is 6.37. The average Bonchev–Trinajstić information content (AvgIpc) is 2.30. The van der Waals surface area contributed by atoms with Gasteiger partial charge in [0.25, 0.3) is 0 Å². The Morgan fingerprint density at radius 3 is 2.50 bits per heavy atom. The Morgan fingerprint density at radius 1 is 1.40 bits per heavy atom. The van der Waals surface area contributed by atoms with Crippen LogP contribution in [0.3, 0.4) is 0 Å². The van der Waals surface area contributed by atoms with Crippen molar-refractivity contribution in [1.29, 1.82) is 0 Å². The van der Waals surface area contributed by atoms with Crippen LogP contribution in [-0.4, -0.2) is 12.4 Å². The van der Waals surface area contributed by atoms with Crippen LogP contribution in [-0.2, 0) is 9.53 Å². The molecule has 0 saturated carbocycles. The van der Waals surface area contributed by atoms with E-state index in [2.05, 4.69) is 4.74 Å². The highest BCUT2D eigenvalue weighted by atomic mass is 19.3. The van der Waals surface area contributed by atoms with Gasteiger partial charge in [0, 0.05) is 6.42 Å². The first kappa shape index (κ1) is 16.9. The predicted molar refractivity (Wildman–Crippen MR) is 75.3 cm³/mol. The van der Waals surface area contributed by atoms with E-state index in [-0.39, 0.29) is 29.3 Å². The number of carbonyl (C=O) groups excluding carboxylic acids is 1. The highest BCUT2D eigenvalue weighted by Gasteiger charge is 2.31. The second-order valence-corrected chi connectivity index (χ2v) is 5.75. The molecule has 0 aromatic carbocycles. The maximum atomic E-state index is 12.4. The summed E-state index contributed by atoms with van der Waals surface area (Å²) in [6.07, 6.45) is 5.65. The zero-order valence-corrected chi connectivity index (χ0v) is 12.7. The second-order valence-electron chi connectivity index (χ2n) is 5.75. The summed E-state index contributed by atoms with van der Waals surface area (Å²) < 4.78 is 29.4. The molecular weight excluding hydrogens is 262 g/mol. The van der Waals surface area contributed by atoms with Crippen molar-refractivity contribution in [2.24, 2.45) is 17.8 Å². The van der Waals surface area contributed by atoms with E-state index >= 15 is 0 Å². The highest BCUT2D eigenvalue weighted by molar-refractivity contribution is 5.76. The van der Waals surface area contributed by atoms with Gasteiger partial charge >= 0.3 is 6.61 Å². The molecule has 0 bridgehead atoms. The molecule has 0 fully saturated rings. The van der Waals surface area contributed by atoms with Gasteiger partial charge in [-0.05, 0) is 43.3 Å². The van der Waals surface area contributed by atoms with E-state index in [0.29, 0.717) is 6.42 Å². The van der Waals surface area contributed by atoms with Crippen molar-refractivity contribution in [3.63, 3.8) is 0 Å². The van der Waals surface area contributed by atoms with Crippen molar-refractivity contribution in [1.82, 2.24) is 0 Å². The van der Waals surface area contributed by atoms with Crippen LogP contribution in [0.4, 0.5) is 8.78 Å². The lowest BCUT2D eigenvalue weighted by Gasteiger charge is -2.33. The van der Waals surface area contributed by atoms with Crippen molar-refractivity contribution in [3.8, 4) is 0 Å². The van der Waals surface area contributed by atoms with Crippen LogP contribution in [0.2, 0.25) is 0 Å². The van der Waals surface area contributed by atoms with Crippen LogP contribution < -0.4 is 0 Å². The Morgan fingerprint density at radius 2 is 2.05 bits per heavy atom. The van der Waals surface area contributed by atoms with Gasteiger partial charge in [-0.1, -0.05) is 32.8 Å². The van der Waals surface area contributed by atoms with Crippen LogP contribution in [0, 0.1) is 17.8 Å². The lowest BCUT2D eigenvalue weighted by Crippen LogP contribution is -2.26. The second kappa shape index (κ2) is 7.55. The first-order chi connectivity index (χ1) is 9.35. The van der Waals surface area contributed by atoms with Gasteiger partial charge in [0.2, 0.25) is 0 Å². The third-order valence-electron chi connectivity index (χ3n) is 3.67. The van der Waals surface area contributed by atoms with Gasteiger partial charge in [0.1, 0.15) is 11.5 Å². The molecule has 0 amide bonds. The Bertz CT molecular complexity index is 397. The van der Waals surface area contributed by atoms with Crippen molar-refractivity contribution in [2.75, 3.05) is 0 Å². The number of carbonyl (C=O) groups is 1. The largest absolute Gasteiger partial charge is 0.435 e. The predicted octanol–water partition coefficient (Wildman–Crippen LogP) is 4.72. The molecule has 0 spiro atoms. The number of allylic oxidation sites excluding steroid dienone is 3. The lowest BCUT2D eigenvalue weighted by atomic mass is 9.72. The minimum Gasteiger partial charge on any atom is -0.435 e. The maximum Gasteiger partial charge on any atom is 0.387 e. The molecule has 2 nitrogen and oxygen atoms in total. The molecule has 2 unspecified atom stereocenters. The third kappa shape index (κ3) is 4.73. The Labute approximate surface area is 119 Å². The van der Waals surface area contributed by atoms with Crippen molar-refractivity contribution >= 4 is 5.78 Å². The van der Waals surface area contributed by atoms with Crippen LogP contribution >= 0.6 is 0 Å². The summed E-state index contributed by atoms with van der Waals surface area (Å²) in [4.78, 5) is 11.5. The molecule has 0 saturated heterocycles. The van der Waals surface area contributed by atoms with Crippen molar-refractivity contribution in [3.05, 3.63) is 23.5 Å². The van der Waals surface area contributed by atoms with Gasteiger partial charge in [0.15, 0.2) is 0 Å². The van der Waals surface area contributed by atoms with Crippen molar-refractivity contribution < 1.29 is 18.3 Å². The van der Waals surface area contributed by atoms with Crippen LogP contribution in [0.1, 0.15) is 47.0 Å². The molecule has 0 aromatic heterocycles. The maximum absolute atomic E-state index is 12.4. The van der Waals surface area contributed by atoms with Crippen molar-refractivity contribution in [2.45, 2.75) is 53.6 Å². The smallest absolute Gasteiger partial charge is 0.387 e. The Hall–Kier alpha value is -1.19. The molecule has 1 aliphatic carbocycles. The Balaban J connectivity index is 3.06. The van der Waals surface area contributed by atoms with Gasteiger partial charge < -0.3 is 9.53 Å². The number of Topliss-reactive ketones (excluding diaryl/α,β-unsaturated/α-hetero) is 1. The molecule has 0 N–H and O–H groups in total. The first-order valence-corrected chi connectivity index (χ1v) is 7.21. The number of ketones is 1.